The lowest BCUT2D eigenvalue weighted by Crippen LogP contribution is -2.40. The van der Waals surface area contributed by atoms with Crippen molar-refractivity contribution in [1.29, 1.82) is 0 Å². The smallest absolute Gasteiger partial charge is 0.290 e. The van der Waals surface area contributed by atoms with E-state index in [9.17, 15) is 9.59 Å². The van der Waals surface area contributed by atoms with Gasteiger partial charge < -0.3 is 19.4 Å². The van der Waals surface area contributed by atoms with E-state index >= 15 is 0 Å². The average molecular weight is 461 g/mol. The quantitative estimate of drug-likeness (QED) is 0.544. The van der Waals surface area contributed by atoms with Gasteiger partial charge in [-0.2, -0.15) is 0 Å². The van der Waals surface area contributed by atoms with Crippen LogP contribution in [0.3, 0.4) is 0 Å². The zero-order valence-electron chi connectivity index (χ0n) is 20.2. The Morgan fingerprint density at radius 3 is 2.65 bits per heavy atom. The van der Waals surface area contributed by atoms with Crippen molar-refractivity contribution < 1.29 is 18.7 Å². The van der Waals surface area contributed by atoms with Crippen LogP contribution >= 0.6 is 0 Å². The number of nitrogens with zero attached hydrogens (tertiary/aromatic N) is 1. The Bertz CT molecular complexity index is 1150. The first-order valence-corrected chi connectivity index (χ1v) is 11.8. The Hall–Kier alpha value is -3.54. The minimum atomic E-state index is -0.626. The van der Waals surface area contributed by atoms with Gasteiger partial charge in [-0.25, -0.2) is 0 Å². The van der Waals surface area contributed by atoms with Gasteiger partial charge >= 0.3 is 0 Å². The van der Waals surface area contributed by atoms with Crippen LogP contribution in [0.4, 0.5) is 0 Å². The summed E-state index contributed by atoms with van der Waals surface area (Å²) in [5, 5.41) is 2.92. The highest BCUT2D eigenvalue weighted by Gasteiger charge is 2.34. The monoisotopic (exact) mass is 460 g/mol. The van der Waals surface area contributed by atoms with E-state index in [4.69, 9.17) is 9.15 Å². The fraction of sp³-hybridized carbons (Fsp3) is 0.357. The molecule has 0 spiro atoms. The Balaban J connectivity index is 1.67. The fourth-order valence-corrected chi connectivity index (χ4v) is 4.33. The van der Waals surface area contributed by atoms with Gasteiger partial charge in [-0.15, -0.1) is 0 Å². The molecule has 1 N–H and O–H groups in total. The van der Waals surface area contributed by atoms with Gasteiger partial charge in [0.1, 0.15) is 5.75 Å². The number of amides is 2. The molecule has 0 saturated heterocycles. The van der Waals surface area contributed by atoms with Gasteiger partial charge in [0.2, 0.25) is 0 Å². The molecule has 6 nitrogen and oxygen atoms in total. The van der Waals surface area contributed by atoms with E-state index in [-0.39, 0.29) is 17.9 Å². The third kappa shape index (κ3) is 5.16. The maximum Gasteiger partial charge on any atom is 0.290 e. The van der Waals surface area contributed by atoms with Crippen LogP contribution in [0.15, 0.2) is 65.3 Å². The van der Waals surface area contributed by atoms with Gasteiger partial charge in [-0.3, -0.25) is 9.59 Å². The predicted molar refractivity (Wildman–Crippen MR) is 131 cm³/mol. The summed E-state index contributed by atoms with van der Waals surface area (Å²) in [6.45, 7) is 9.09. The maximum atomic E-state index is 13.4. The van der Waals surface area contributed by atoms with Crippen molar-refractivity contribution in [3.63, 3.8) is 0 Å². The molecule has 2 amide bonds. The average Bonchev–Trinajstić information content (AvgIpc) is 3.36. The maximum absolute atomic E-state index is 13.4. The van der Waals surface area contributed by atoms with Crippen LogP contribution in [0.5, 0.6) is 5.75 Å². The van der Waals surface area contributed by atoms with Crippen LogP contribution in [0.25, 0.3) is 0 Å². The summed E-state index contributed by atoms with van der Waals surface area (Å²) in [4.78, 5) is 27.7. The number of aryl methyl sites for hydroxylation is 1. The molecular formula is C28H32N2O4. The second-order valence-electron chi connectivity index (χ2n) is 9.30. The third-order valence-electron chi connectivity index (χ3n) is 6.06. The topological polar surface area (TPSA) is 71.8 Å². The standard InChI is InChI=1S/C28H32N2O4/c1-18(2)17-29-27(31)20(4)34-23-11-10-21-12-13-30(28(32)25-9-6-14-33-25)26(24(21)16-23)22-8-5-7-19(3)15-22/h5-11,14-16,18,20,26H,12-13,17H2,1-4H3,(H,29,31)/t20-,26-/m0/s1. The fourth-order valence-electron chi connectivity index (χ4n) is 4.33. The number of nitrogens with one attached hydrogen (secondary N) is 1. The highest BCUT2D eigenvalue weighted by molar-refractivity contribution is 5.92. The number of carbonyl (C=O) groups is 2. The molecule has 6 heteroatoms. The molecule has 0 unspecified atom stereocenters. The SMILES string of the molecule is Cc1cccc([C@H]2c3cc(O[C@@H](C)C(=O)NCC(C)C)ccc3CCN2C(=O)c2ccco2)c1. The van der Waals surface area contributed by atoms with E-state index in [0.717, 1.165) is 23.1 Å². The largest absolute Gasteiger partial charge is 0.481 e. The minimum absolute atomic E-state index is 0.142. The lowest BCUT2D eigenvalue weighted by atomic mass is 9.87. The molecule has 1 aliphatic rings. The van der Waals surface area contributed by atoms with E-state index in [1.54, 1.807) is 19.1 Å². The van der Waals surface area contributed by atoms with Gasteiger partial charge in [0.05, 0.1) is 12.3 Å². The molecule has 0 bridgehead atoms. The molecule has 3 aromatic rings. The van der Waals surface area contributed by atoms with Gasteiger partial charge in [0, 0.05) is 13.1 Å². The van der Waals surface area contributed by atoms with Crippen molar-refractivity contribution in [1.82, 2.24) is 10.2 Å². The van der Waals surface area contributed by atoms with E-state index < -0.39 is 6.10 Å². The van der Waals surface area contributed by atoms with Crippen LogP contribution in [0.2, 0.25) is 0 Å². The number of ether oxygens (including phenoxy) is 1. The first kappa shape index (κ1) is 23.6. The first-order chi connectivity index (χ1) is 16.3. The molecule has 2 heterocycles. The van der Waals surface area contributed by atoms with Gasteiger partial charge in [0.25, 0.3) is 11.8 Å². The second-order valence-corrected chi connectivity index (χ2v) is 9.30. The molecule has 0 saturated carbocycles. The van der Waals surface area contributed by atoms with Crippen LogP contribution < -0.4 is 10.1 Å². The van der Waals surface area contributed by atoms with Crippen LogP contribution in [0, 0.1) is 12.8 Å². The number of benzene rings is 2. The summed E-state index contributed by atoms with van der Waals surface area (Å²) in [5.41, 5.74) is 4.32. The normalized spacial score (nSPS) is 16.1. The molecule has 0 radical (unpaired) electrons. The zero-order chi connectivity index (χ0) is 24.2. The first-order valence-electron chi connectivity index (χ1n) is 11.8. The number of fused-ring (bicyclic) bond motifs is 1. The van der Waals surface area contributed by atoms with Crippen LogP contribution in [0.1, 0.15) is 59.6 Å². The zero-order valence-corrected chi connectivity index (χ0v) is 20.2. The van der Waals surface area contributed by atoms with E-state index in [0.29, 0.717) is 30.5 Å². The molecule has 178 valence electrons. The minimum Gasteiger partial charge on any atom is -0.481 e. The highest BCUT2D eigenvalue weighted by Crippen LogP contribution is 2.38. The molecule has 34 heavy (non-hydrogen) atoms. The van der Waals surface area contributed by atoms with Gasteiger partial charge in [0.15, 0.2) is 11.9 Å². The molecule has 0 aliphatic carbocycles. The predicted octanol–water partition coefficient (Wildman–Crippen LogP) is 4.92. The van der Waals surface area contributed by atoms with Crippen molar-refractivity contribution in [2.75, 3.05) is 13.1 Å². The highest BCUT2D eigenvalue weighted by atomic mass is 16.5. The van der Waals surface area contributed by atoms with Crippen molar-refractivity contribution in [3.05, 3.63) is 88.9 Å². The second kappa shape index (κ2) is 10.2. The molecule has 2 atom stereocenters. The molecular weight excluding hydrogens is 428 g/mol. The number of furan rings is 1. The Kier molecular flexibility index (Phi) is 7.06. The number of hydrogen-bond donors (Lipinski definition) is 1. The number of hydrogen-bond acceptors (Lipinski definition) is 4. The summed E-state index contributed by atoms with van der Waals surface area (Å²) >= 11 is 0. The number of rotatable bonds is 7. The Morgan fingerprint density at radius 2 is 1.94 bits per heavy atom. The molecule has 1 aromatic heterocycles. The summed E-state index contributed by atoms with van der Waals surface area (Å²) in [7, 11) is 0. The molecule has 1 aliphatic heterocycles. The lowest BCUT2D eigenvalue weighted by Gasteiger charge is -2.37. The van der Waals surface area contributed by atoms with Crippen molar-refractivity contribution in [2.24, 2.45) is 5.92 Å². The summed E-state index contributed by atoms with van der Waals surface area (Å²) in [6.07, 6.45) is 1.62. The van der Waals surface area contributed by atoms with Gasteiger partial charge in [-0.1, -0.05) is 49.7 Å². The van der Waals surface area contributed by atoms with Crippen LogP contribution in [-0.4, -0.2) is 35.9 Å². The molecule has 2 aromatic carbocycles. The molecule has 0 fully saturated rings. The molecule has 4 rings (SSSR count). The van der Waals surface area contributed by atoms with E-state index in [2.05, 4.69) is 25.2 Å². The Morgan fingerprint density at radius 1 is 1.12 bits per heavy atom. The van der Waals surface area contributed by atoms with E-state index in [1.807, 2.05) is 48.2 Å². The summed E-state index contributed by atoms with van der Waals surface area (Å²) < 4.78 is 11.4. The lowest BCUT2D eigenvalue weighted by molar-refractivity contribution is -0.127. The third-order valence-corrected chi connectivity index (χ3v) is 6.06. The number of carbonyl (C=O) groups excluding carboxylic acids is 2. The van der Waals surface area contributed by atoms with Crippen molar-refractivity contribution in [3.8, 4) is 5.75 Å². The van der Waals surface area contributed by atoms with Crippen molar-refractivity contribution in [2.45, 2.75) is 46.3 Å². The van der Waals surface area contributed by atoms with Crippen molar-refractivity contribution >= 4 is 11.8 Å². The Labute approximate surface area is 200 Å². The summed E-state index contributed by atoms with van der Waals surface area (Å²) in [5.74, 6) is 1.01. The van der Waals surface area contributed by atoms with E-state index in [1.165, 1.54) is 11.8 Å². The van der Waals surface area contributed by atoms with Crippen LogP contribution in [-0.2, 0) is 11.2 Å². The summed E-state index contributed by atoms with van der Waals surface area (Å²) in [6, 6.07) is 17.3. The van der Waals surface area contributed by atoms with Gasteiger partial charge in [-0.05, 0) is 67.1 Å².